The first-order valence-corrected chi connectivity index (χ1v) is 8.44. The van der Waals surface area contributed by atoms with Crippen LogP contribution in [0.5, 0.6) is 0 Å². The summed E-state index contributed by atoms with van der Waals surface area (Å²) in [6, 6.07) is 4.63. The summed E-state index contributed by atoms with van der Waals surface area (Å²) in [7, 11) is 0. The van der Waals surface area contributed by atoms with Crippen LogP contribution in [0.15, 0.2) is 24.5 Å². The maximum atomic E-state index is 12.8. The van der Waals surface area contributed by atoms with E-state index in [2.05, 4.69) is 33.0 Å². The zero-order valence-corrected chi connectivity index (χ0v) is 15.2. The molecule has 0 spiro atoms. The predicted octanol–water partition coefficient (Wildman–Crippen LogP) is 2.41. The van der Waals surface area contributed by atoms with Crippen molar-refractivity contribution in [1.82, 2.24) is 20.0 Å². The van der Waals surface area contributed by atoms with E-state index in [0.717, 1.165) is 30.7 Å². The van der Waals surface area contributed by atoms with Crippen LogP contribution >= 0.6 is 12.4 Å². The molecule has 0 aromatic carbocycles. The Bertz CT molecular complexity index is 769. The van der Waals surface area contributed by atoms with Gasteiger partial charge in [0.05, 0.1) is 17.3 Å². The van der Waals surface area contributed by atoms with Crippen molar-refractivity contribution in [3.63, 3.8) is 0 Å². The van der Waals surface area contributed by atoms with E-state index in [1.165, 1.54) is 5.56 Å². The molecule has 6 heteroatoms. The quantitative estimate of drug-likeness (QED) is 0.895. The summed E-state index contributed by atoms with van der Waals surface area (Å²) in [4.78, 5) is 17.4. The third-order valence-corrected chi connectivity index (χ3v) is 5.48. The molecule has 3 heterocycles. The summed E-state index contributed by atoms with van der Waals surface area (Å²) >= 11 is 0. The van der Waals surface area contributed by atoms with Crippen molar-refractivity contribution in [2.75, 3.05) is 6.54 Å². The number of carbonyl (C=O) groups is 1. The summed E-state index contributed by atoms with van der Waals surface area (Å²) in [5.74, 6) is 1.70. The SMILES string of the molecule is Cc1cccn2c(C(C)(C)NC(=O)C3CC4CC3CN4)ncc12.Cl. The Labute approximate surface area is 148 Å². The minimum absolute atomic E-state index is 0. The number of rotatable bonds is 3. The monoisotopic (exact) mass is 348 g/mol. The number of nitrogens with zero attached hydrogens (tertiary/aromatic N) is 2. The van der Waals surface area contributed by atoms with Crippen LogP contribution in [0.2, 0.25) is 0 Å². The largest absolute Gasteiger partial charge is 0.344 e. The van der Waals surface area contributed by atoms with E-state index in [9.17, 15) is 4.79 Å². The van der Waals surface area contributed by atoms with Crippen LogP contribution in [-0.2, 0) is 10.3 Å². The molecular weight excluding hydrogens is 324 g/mol. The molecule has 1 aliphatic carbocycles. The molecule has 24 heavy (non-hydrogen) atoms. The van der Waals surface area contributed by atoms with Crippen LogP contribution in [0.3, 0.4) is 0 Å². The second kappa shape index (κ2) is 6.05. The van der Waals surface area contributed by atoms with Gasteiger partial charge in [0.15, 0.2) is 0 Å². The van der Waals surface area contributed by atoms with Gasteiger partial charge in [0.2, 0.25) is 5.91 Å². The Hall–Kier alpha value is -1.59. The Morgan fingerprint density at radius 3 is 2.88 bits per heavy atom. The highest BCUT2D eigenvalue weighted by Gasteiger charge is 2.44. The Kier molecular flexibility index (Phi) is 4.34. The van der Waals surface area contributed by atoms with E-state index in [0.29, 0.717) is 12.0 Å². The molecule has 5 nitrogen and oxygen atoms in total. The molecule has 2 aromatic rings. The number of fused-ring (bicyclic) bond motifs is 3. The highest BCUT2D eigenvalue weighted by atomic mass is 35.5. The standard InChI is InChI=1S/C18H24N4O.ClH/c1-11-5-4-6-22-15(11)10-20-17(22)18(2,3)21-16(23)14-8-13-7-12(14)9-19-13;/h4-6,10,12-14,19H,7-9H2,1-3H3,(H,21,23);1H. The lowest BCUT2D eigenvalue weighted by Crippen LogP contribution is -2.47. The highest BCUT2D eigenvalue weighted by Crippen LogP contribution is 2.37. The van der Waals surface area contributed by atoms with Crippen molar-refractivity contribution in [3.05, 3.63) is 35.9 Å². The molecule has 1 saturated carbocycles. The number of halogens is 1. The molecule has 2 N–H and O–H groups in total. The van der Waals surface area contributed by atoms with Gasteiger partial charge in [-0.1, -0.05) is 6.07 Å². The fraction of sp³-hybridized carbons (Fsp3) is 0.556. The highest BCUT2D eigenvalue weighted by molar-refractivity contribution is 5.85. The van der Waals surface area contributed by atoms with E-state index in [-0.39, 0.29) is 24.2 Å². The van der Waals surface area contributed by atoms with Gasteiger partial charge in [-0.3, -0.25) is 4.79 Å². The first-order valence-electron chi connectivity index (χ1n) is 8.44. The van der Waals surface area contributed by atoms with Crippen molar-refractivity contribution in [2.24, 2.45) is 11.8 Å². The van der Waals surface area contributed by atoms with Gasteiger partial charge in [0.25, 0.3) is 0 Å². The number of piperidine rings is 1. The molecule has 3 atom stereocenters. The topological polar surface area (TPSA) is 58.4 Å². The second-order valence-electron chi connectivity index (χ2n) is 7.59. The molecule has 3 unspecified atom stereocenters. The normalized spacial score (nSPS) is 25.7. The van der Waals surface area contributed by atoms with Crippen molar-refractivity contribution < 1.29 is 4.79 Å². The average molecular weight is 349 g/mol. The van der Waals surface area contributed by atoms with Crippen LogP contribution in [0.1, 0.15) is 38.1 Å². The van der Waals surface area contributed by atoms with Gasteiger partial charge < -0.3 is 15.0 Å². The van der Waals surface area contributed by atoms with Gasteiger partial charge in [0.1, 0.15) is 5.82 Å². The first-order chi connectivity index (χ1) is 11.0. The summed E-state index contributed by atoms with van der Waals surface area (Å²) in [5, 5.41) is 6.71. The van der Waals surface area contributed by atoms with E-state index in [1.807, 2.05) is 32.3 Å². The number of nitrogens with one attached hydrogen (secondary N) is 2. The number of amides is 1. The Morgan fingerprint density at radius 1 is 1.42 bits per heavy atom. The summed E-state index contributed by atoms with van der Waals surface area (Å²) in [6.07, 6.45) is 6.01. The van der Waals surface area contributed by atoms with Gasteiger partial charge in [-0.2, -0.15) is 0 Å². The number of pyridine rings is 1. The molecule has 2 aromatic heterocycles. The van der Waals surface area contributed by atoms with Crippen LogP contribution in [0.25, 0.3) is 5.52 Å². The summed E-state index contributed by atoms with van der Waals surface area (Å²) in [6.45, 7) is 7.13. The number of hydrogen-bond donors (Lipinski definition) is 2. The van der Waals surface area contributed by atoms with Crippen LogP contribution < -0.4 is 10.6 Å². The zero-order valence-electron chi connectivity index (χ0n) is 14.4. The van der Waals surface area contributed by atoms with Gasteiger partial charge in [0, 0.05) is 18.2 Å². The third-order valence-electron chi connectivity index (χ3n) is 5.48. The molecule has 130 valence electrons. The fourth-order valence-electron chi connectivity index (χ4n) is 4.24. The lowest BCUT2D eigenvalue weighted by atomic mass is 9.92. The number of hydrogen-bond acceptors (Lipinski definition) is 3. The van der Waals surface area contributed by atoms with Crippen molar-refractivity contribution >= 4 is 23.8 Å². The predicted molar refractivity (Wildman–Crippen MR) is 96.4 cm³/mol. The van der Waals surface area contributed by atoms with E-state index >= 15 is 0 Å². The third kappa shape index (κ3) is 2.70. The van der Waals surface area contributed by atoms with Gasteiger partial charge >= 0.3 is 0 Å². The maximum Gasteiger partial charge on any atom is 0.224 e. The molecule has 1 aliphatic heterocycles. The first kappa shape index (κ1) is 17.2. The van der Waals surface area contributed by atoms with Crippen LogP contribution in [-0.4, -0.2) is 27.9 Å². The fourth-order valence-corrected chi connectivity index (χ4v) is 4.24. The van der Waals surface area contributed by atoms with Gasteiger partial charge in [-0.05, 0) is 57.7 Å². The number of imidazole rings is 1. The van der Waals surface area contributed by atoms with Crippen LogP contribution in [0, 0.1) is 18.8 Å². The van der Waals surface area contributed by atoms with Crippen molar-refractivity contribution in [1.29, 1.82) is 0 Å². The number of carbonyl (C=O) groups excluding carboxylic acids is 1. The molecule has 0 radical (unpaired) electrons. The van der Waals surface area contributed by atoms with Gasteiger partial charge in [-0.25, -0.2) is 4.98 Å². The second-order valence-corrected chi connectivity index (χ2v) is 7.59. The molecule has 1 amide bonds. The molecular formula is C18H25ClN4O. The number of aromatic nitrogens is 2. The van der Waals surface area contributed by atoms with E-state index in [1.54, 1.807) is 0 Å². The minimum atomic E-state index is -0.493. The van der Waals surface area contributed by atoms with Crippen molar-refractivity contribution in [3.8, 4) is 0 Å². The molecule has 2 bridgehead atoms. The average Bonchev–Trinajstić information content (AvgIpc) is 3.21. The number of aryl methyl sites for hydroxylation is 1. The molecule has 4 rings (SSSR count). The Morgan fingerprint density at radius 2 is 2.21 bits per heavy atom. The smallest absolute Gasteiger partial charge is 0.224 e. The van der Waals surface area contributed by atoms with Crippen molar-refractivity contribution in [2.45, 2.75) is 45.2 Å². The summed E-state index contributed by atoms with van der Waals surface area (Å²) < 4.78 is 2.08. The zero-order chi connectivity index (χ0) is 16.2. The summed E-state index contributed by atoms with van der Waals surface area (Å²) in [5.41, 5.74) is 1.79. The van der Waals surface area contributed by atoms with Gasteiger partial charge in [-0.15, -0.1) is 12.4 Å². The molecule has 1 saturated heterocycles. The lowest BCUT2D eigenvalue weighted by Gasteiger charge is -2.29. The minimum Gasteiger partial charge on any atom is -0.344 e. The Balaban J connectivity index is 0.00000169. The molecule has 2 aliphatic rings. The van der Waals surface area contributed by atoms with E-state index in [4.69, 9.17) is 0 Å². The molecule has 2 fully saturated rings. The maximum absolute atomic E-state index is 12.8. The van der Waals surface area contributed by atoms with Crippen LogP contribution in [0.4, 0.5) is 0 Å². The van der Waals surface area contributed by atoms with E-state index < -0.39 is 5.54 Å². The lowest BCUT2D eigenvalue weighted by molar-refractivity contribution is -0.128.